The maximum Gasteiger partial charge on any atom is 0.183 e. The molecule has 37 heavy (non-hydrogen) atoms. The summed E-state index contributed by atoms with van der Waals surface area (Å²) in [5.41, 5.74) is 8.29. The van der Waals surface area contributed by atoms with Crippen LogP contribution in [0.3, 0.4) is 0 Å². The van der Waals surface area contributed by atoms with Crippen LogP contribution in [0.5, 0.6) is 0 Å². The Bertz CT molecular complexity index is 1160. The topological polar surface area (TPSA) is 41.8 Å². The number of allylic oxidation sites excluding steroid dienone is 13. The Morgan fingerprint density at radius 3 is 2.57 bits per heavy atom. The van der Waals surface area contributed by atoms with Gasteiger partial charge in [0.2, 0.25) is 0 Å². The van der Waals surface area contributed by atoms with Crippen molar-refractivity contribution in [2.24, 2.45) is 21.8 Å². The van der Waals surface area contributed by atoms with E-state index in [4.69, 9.17) is 4.99 Å². The lowest BCUT2D eigenvalue weighted by molar-refractivity contribution is -0.111. The third kappa shape index (κ3) is 8.93. The monoisotopic (exact) mass is 496 g/mol. The van der Waals surface area contributed by atoms with Crippen molar-refractivity contribution in [1.82, 2.24) is 0 Å². The van der Waals surface area contributed by atoms with Crippen LogP contribution in [0, 0.1) is 11.8 Å². The smallest absolute Gasteiger partial charge is 0.183 e. The van der Waals surface area contributed by atoms with Crippen LogP contribution in [0.25, 0.3) is 0 Å². The molecular weight excluding hydrogens is 452 g/mol. The van der Waals surface area contributed by atoms with Crippen LogP contribution in [0.2, 0.25) is 0 Å². The fourth-order valence-electron chi connectivity index (χ4n) is 4.82. The average Bonchev–Trinajstić information content (AvgIpc) is 3.15. The maximum atomic E-state index is 12.8. The molecule has 0 saturated heterocycles. The van der Waals surface area contributed by atoms with Gasteiger partial charge in [-0.2, -0.15) is 0 Å². The van der Waals surface area contributed by atoms with Crippen LogP contribution in [-0.4, -0.2) is 24.3 Å². The van der Waals surface area contributed by atoms with Gasteiger partial charge in [-0.15, -0.1) is 0 Å². The van der Waals surface area contributed by atoms with E-state index in [1.807, 2.05) is 32.1 Å². The minimum atomic E-state index is -0.113. The minimum absolute atomic E-state index is 0.112. The summed E-state index contributed by atoms with van der Waals surface area (Å²) in [4.78, 5) is 22.3. The second kappa shape index (κ2) is 14.4. The van der Waals surface area contributed by atoms with Gasteiger partial charge in [0.15, 0.2) is 5.78 Å². The van der Waals surface area contributed by atoms with Crippen molar-refractivity contribution in [1.29, 1.82) is 0 Å². The molecule has 0 N–H and O–H groups in total. The Morgan fingerprint density at radius 2 is 1.95 bits per heavy atom. The van der Waals surface area contributed by atoms with Crippen molar-refractivity contribution in [3.8, 4) is 0 Å². The summed E-state index contributed by atoms with van der Waals surface area (Å²) < 4.78 is 0. The number of hydrogen-bond donors (Lipinski definition) is 0. The largest absolute Gasteiger partial charge is 0.290 e. The number of carbonyl (C=O) groups is 1. The Hall–Kier alpha value is -3.33. The van der Waals surface area contributed by atoms with E-state index in [9.17, 15) is 4.79 Å². The van der Waals surface area contributed by atoms with Gasteiger partial charge in [0.1, 0.15) is 0 Å². The number of hydrogen-bond acceptors (Lipinski definition) is 3. The first-order valence-corrected chi connectivity index (χ1v) is 13.3. The molecule has 0 radical (unpaired) electrons. The molecule has 0 spiro atoms. The average molecular weight is 497 g/mol. The number of nitrogens with zero attached hydrogens (tertiary/aromatic N) is 2. The Morgan fingerprint density at radius 1 is 1.22 bits per heavy atom. The van der Waals surface area contributed by atoms with Crippen molar-refractivity contribution in [3.05, 3.63) is 108 Å². The molecule has 2 atom stereocenters. The molecule has 0 aromatic rings. The van der Waals surface area contributed by atoms with E-state index in [1.165, 1.54) is 24.0 Å². The first kappa shape index (κ1) is 29.9. The molecule has 1 heterocycles. The van der Waals surface area contributed by atoms with Gasteiger partial charge in [0.05, 0.1) is 11.4 Å². The number of aliphatic imine (C=N–C) groups is 2. The number of rotatable bonds is 9. The predicted octanol–water partition coefficient (Wildman–Crippen LogP) is 8.82. The molecule has 3 nitrogen and oxygen atoms in total. The molecule has 2 unspecified atom stereocenters. The normalized spacial score (nSPS) is 21.9. The van der Waals surface area contributed by atoms with E-state index in [0.717, 1.165) is 41.7 Å². The fourth-order valence-corrected chi connectivity index (χ4v) is 4.82. The van der Waals surface area contributed by atoms with E-state index >= 15 is 0 Å². The van der Waals surface area contributed by atoms with Crippen molar-refractivity contribution in [2.45, 2.75) is 66.2 Å². The molecule has 2 aliphatic rings. The number of carbonyl (C=O) groups excluding carboxylic acids is 1. The first-order chi connectivity index (χ1) is 17.6. The standard InChI is InChI=1S/C34H44N2O/c1-10-24(5)19-26(7)31(23(3)4)21-32(35-9)33-22-34(37)27(8)20-30(36-33)18-17-28(11-2)29-14-12-13-25(6)15-16-29/h10-11,17-19,21-22,26,29H,1,3,6,8,12-16,20H2,2,4-5,7,9H3/b18-17-,24-19-,28-11+,31-21-,35-32+. The molecule has 196 valence electrons. The summed E-state index contributed by atoms with van der Waals surface area (Å²) in [7, 11) is 1.73. The Kier molecular flexibility index (Phi) is 11.7. The fraction of sp³-hybridized carbons (Fsp3) is 0.382. The maximum absolute atomic E-state index is 12.8. The SMILES string of the molecule is C=C/C(C)=C\C(C)/C(=C\C(=N/C)C1=CC(=O)C(=C)CC(/C=C\C(=C/C)C2CCCC(=C)CC2)=N1)C(=C)C. The lowest BCUT2D eigenvalue weighted by atomic mass is 9.90. The van der Waals surface area contributed by atoms with E-state index in [2.05, 4.69) is 63.4 Å². The molecule has 0 aromatic heterocycles. The van der Waals surface area contributed by atoms with Gasteiger partial charge in [-0.1, -0.05) is 74.3 Å². The summed E-state index contributed by atoms with van der Waals surface area (Å²) in [6.45, 7) is 24.5. The molecule has 0 aromatic carbocycles. The van der Waals surface area contributed by atoms with Gasteiger partial charge in [0, 0.05) is 25.3 Å². The second-order valence-electron chi connectivity index (χ2n) is 10.2. The molecule has 1 aliphatic carbocycles. The highest BCUT2D eigenvalue weighted by Crippen LogP contribution is 2.31. The molecule has 2 rings (SSSR count). The van der Waals surface area contributed by atoms with Gasteiger partial charge in [-0.25, -0.2) is 0 Å². The van der Waals surface area contributed by atoms with Crippen LogP contribution < -0.4 is 0 Å². The van der Waals surface area contributed by atoms with E-state index in [1.54, 1.807) is 13.1 Å². The third-order valence-corrected chi connectivity index (χ3v) is 7.09. The summed E-state index contributed by atoms with van der Waals surface area (Å²) in [6.07, 6.45) is 20.1. The number of ketones is 1. The highest BCUT2D eigenvalue weighted by Gasteiger charge is 2.19. The highest BCUT2D eigenvalue weighted by molar-refractivity contribution is 6.19. The zero-order chi connectivity index (χ0) is 27.5. The van der Waals surface area contributed by atoms with Crippen molar-refractivity contribution in [3.63, 3.8) is 0 Å². The predicted molar refractivity (Wildman–Crippen MR) is 162 cm³/mol. The summed E-state index contributed by atoms with van der Waals surface area (Å²) in [6, 6.07) is 0. The molecule has 0 amide bonds. The van der Waals surface area contributed by atoms with Gasteiger partial charge in [-0.05, 0) is 93.6 Å². The zero-order valence-electron chi connectivity index (χ0n) is 23.6. The van der Waals surface area contributed by atoms with Gasteiger partial charge >= 0.3 is 0 Å². The summed E-state index contributed by atoms with van der Waals surface area (Å²) in [5.74, 6) is 0.521. The molecule has 1 saturated carbocycles. The lowest BCUT2D eigenvalue weighted by Gasteiger charge is -2.15. The second-order valence-corrected chi connectivity index (χ2v) is 10.2. The zero-order valence-corrected chi connectivity index (χ0v) is 23.6. The molecule has 1 aliphatic heterocycles. The Labute approximate surface area is 225 Å². The highest BCUT2D eigenvalue weighted by atomic mass is 16.1. The van der Waals surface area contributed by atoms with Gasteiger partial charge < -0.3 is 0 Å². The quantitative estimate of drug-likeness (QED) is 0.103. The van der Waals surface area contributed by atoms with Crippen LogP contribution >= 0.6 is 0 Å². The first-order valence-electron chi connectivity index (χ1n) is 13.3. The minimum Gasteiger partial charge on any atom is -0.290 e. The van der Waals surface area contributed by atoms with Crippen molar-refractivity contribution >= 4 is 17.2 Å². The molecule has 3 heteroatoms. The Balaban J connectivity index is 2.43. The third-order valence-electron chi connectivity index (χ3n) is 7.09. The molecular formula is C34H44N2O. The van der Waals surface area contributed by atoms with Crippen molar-refractivity contribution < 1.29 is 4.79 Å². The van der Waals surface area contributed by atoms with Crippen LogP contribution in [-0.2, 0) is 4.79 Å². The molecule has 0 bridgehead atoms. The van der Waals surface area contributed by atoms with Crippen LogP contribution in [0.15, 0.2) is 118 Å². The van der Waals surface area contributed by atoms with E-state index < -0.39 is 0 Å². The van der Waals surface area contributed by atoms with Crippen LogP contribution in [0.1, 0.15) is 66.2 Å². The van der Waals surface area contributed by atoms with Crippen LogP contribution in [0.4, 0.5) is 0 Å². The van der Waals surface area contributed by atoms with E-state index in [0.29, 0.717) is 29.3 Å². The van der Waals surface area contributed by atoms with Crippen molar-refractivity contribution in [2.75, 3.05) is 7.05 Å². The van der Waals surface area contributed by atoms with Gasteiger partial charge in [-0.3, -0.25) is 14.8 Å². The summed E-state index contributed by atoms with van der Waals surface area (Å²) in [5, 5.41) is 0. The van der Waals surface area contributed by atoms with E-state index in [-0.39, 0.29) is 11.7 Å². The lowest BCUT2D eigenvalue weighted by Crippen LogP contribution is -2.06. The van der Waals surface area contributed by atoms with Gasteiger partial charge in [0.25, 0.3) is 0 Å². The summed E-state index contributed by atoms with van der Waals surface area (Å²) >= 11 is 0. The molecule has 1 fully saturated rings.